The molecule has 1 amide bonds. The van der Waals surface area contributed by atoms with Gasteiger partial charge in [-0.3, -0.25) is 4.79 Å². The first-order valence-electron chi connectivity index (χ1n) is 6.82. The molecule has 3 heteroatoms. The van der Waals surface area contributed by atoms with Gasteiger partial charge in [0.15, 0.2) is 0 Å². The highest BCUT2D eigenvalue weighted by Crippen LogP contribution is 2.68. The molecule has 1 N–H and O–H groups in total. The van der Waals surface area contributed by atoms with Gasteiger partial charge >= 0.3 is 0 Å². The number of nitrogens with one attached hydrogen (secondary N) is 1. The summed E-state index contributed by atoms with van der Waals surface area (Å²) >= 11 is 5.84. The number of carbonyl (C=O) groups excluding carboxylic acids is 1. The summed E-state index contributed by atoms with van der Waals surface area (Å²) in [4.78, 5) is 12.4. The van der Waals surface area contributed by atoms with Crippen molar-refractivity contribution in [1.29, 1.82) is 0 Å². The molecule has 18 heavy (non-hydrogen) atoms. The second-order valence-electron chi connectivity index (χ2n) is 7.78. The summed E-state index contributed by atoms with van der Waals surface area (Å²) in [5.74, 6) is 0.889. The molecule has 0 aromatic heterocycles. The third-order valence-corrected chi connectivity index (χ3v) is 5.26. The van der Waals surface area contributed by atoms with Crippen LogP contribution >= 0.6 is 11.6 Å². The lowest BCUT2D eigenvalue weighted by Gasteiger charge is -2.31. The fraction of sp³-hybridized carbons (Fsp3) is 0.933. The van der Waals surface area contributed by atoms with Crippen LogP contribution in [0, 0.1) is 22.2 Å². The minimum absolute atomic E-state index is 0.0493. The molecule has 1 atom stereocenters. The second kappa shape index (κ2) is 4.70. The summed E-state index contributed by atoms with van der Waals surface area (Å²) in [5.41, 5.74) is 0.245. The first kappa shape index (κ1) is 15.8. The van der Waals surface area contributed by atoms with E-state index in [1.54, 1.807) is 0 Å². The zero-order chi connectivity index (χ0) is 14.4. The van der Waals surface area contributed by atoms with E-state index in [1.165, 1.54) is 0 Å². The van der Waals surface area contributed by atoms with Crippen molar-refractivity contribution in [2.45, 2.75) is 60.9 Å². The van der Waals surface area contributed by atoms with Gasteiger partial charge in [-0.25, -0.2) is 0 Å². The Balaban J connectivity index is 2.70. The van der Waals surface area contributed by atoms with Gasteiger partial charge in [0.25, 0.3) is 0 Å². The van der Waals surface area contributed by atoms with Gasteiger partial charge in [0.2, 0.25) is 5.91 Å². The third-order valence-electron chi connectivity index (χ3n) is 5.04. The van der Waals surface area contributed by atoms with E-state index in [9.17, 15) is 4.79 Å². The normalized spacial score (nSPS) is 23.6. The first-order valence-corrected chi connectivity index (χ1v) is 7.36. The van der Waals surface area contributed by atoms with E-state index in [2.05, 4.69) is 53.8 Å². The van der Waals surface area contributed by atoms with Crippen LogP contribution in [0.2, 0.25) is 0 Å². The largest absolute Gasteiger partial charge is 0.353 e. The van der Waals surface area contributed by atoms with Crippen molar-refractivity contribution >= 4 is 17.5 Å². The second-order valence-corrected chi connectivity index (χ2v) is 8.16. The van der Waals surface area contributed by atoms with Crippen LogP contribution in [0.25, 0.3) is 0 Å². The predicted molar refractivity (Wildman–Crippen MR) is 77.8 cm³/mol. The first-order chi connectivity index (χ1) is 7.96. The zero-order valence-electron chi connectivity index (χ0n) is 12.9. The van der Waals surface area contributed by atoms with E-state index in [-0.39, 0.29) is 34.1 Å². The monoisotopic (exact) mass is 273 g/mol. The maximum Gasteiger partial charge on any atom is 0.224 e. The topological polar surface area (TPSA) is 29.1 Å². The van der Waals surface area contributed by atoms with Crippen molar-refractivity contribution in [3.63, 3.8) is 0 Å². The molecule has 1 saturated carbocycles. The lowest BCUT2D eigenvalue weighted by molar-refractivity contribution is -0.125. The van der Waals surface area contributed by atoms with Gasteiger partial charge in [-0.15, -0.1) is 11.6 Å². The molecule has 1 unspecified atom stereocenters. The molecule has 1 aliphatic rings. The number of amides is 1. The van der Waals surface area contributed by atoms with Crippen LogP contribution in [0.5, 0.6) is 0 Å². The summed E-state index contributed by atoms with van der Waals surface area (Å²) in [6, 6.07) is 0.148. The van der Waals surface area contributed by atoms with Gasteiger partial charge < -0.3 is 5.32 Å². The van der Waals surface area contributed by atoms with Crippen LogP contribution in [0.1, 0.15) is 54.9 Å². The summed E-state index contributed by atoms with van der Waals surface area (Å²) in [7, 11) is 0. The maximum absolute atomic E-state index is 12.4. The smallest absolute Gasteiger partial charge is 0.224 e. The number of carbonyl (C=O) groups is 1. The lowest BCUT2D eigenvalue weighted by Crippen LogP contribution is -2.45. The molecule has 0 heterocycles. The fourth-order valence-electron chi connectivity index (χ4n) is 2.94. The standard InChI is InChI=1S/C15H28ClNO/c1-13(2,3)10(8-9-16)17-12(18)11-14(4,5)15(11,6)7/h10-11H,8-9H2,1-7H3,(H,17,18). The Bertz CT molecular complexity index is 314. The zero-order valence-corrected chi connectivity index (χ0v) is 13.6. The number of hydrogen-bond acceptors (Lipinski definition) is 1. The average Bonchev–Trinajstić information content (AvgIpc) is 2.54. The third kappa shape index (κ3) is 2.68. The van der Waals surface area contributed by atoms with Crippen LogP contribution in [-0.2, 0) is 4.79 Å². The highest BCUT2D eigenvalue weighted by molar-refractivity contribution is 6.17. The van der Waals surface area contributed by atoms with Crippen LogP contribution in [0.4, 0.5) is 0 Å². The maximum atomic E-state index is 12.4. The molecule has 0 saturated heterocycles. The van der Waals surface area contributed by atoms with Crippen molar-refractivity contribution in [2.75, 3.05) is 5.88 Å². The van der Waals surface area contributed by atoms with Gasteiger partial charge in [0.05, 0.1) is 0 Å². The van der Waals surface area contributed by atoms with Crippen molar-refractivity contribution in [3.05, 3.63) is 0 Å². The quantitative estimate of drug-likeness (QED) is 0.775. The molecule has 1 fully saturated rings. The highest BCUT2D eigenvalue weighted by Gasteiger charge is 2.68. The molecule has 0 aliphatic heterocycles. The molecule has 0 aromatic carbocycles. The molecule has 0 spiro atoms. The molecule has 106 valence electrons. The molecular weight excluding hydrogens is 246 g/mol. The molecule has 0 bridgehead atoms. The highest BCUT2D eigenvalue weighted by atomic mass is 35.5. The summed E-state index contributed by atoms with van der Waals surface area (Å²) in [5, 5.41) is 3.21. The van der Waals surface area contributed by atoms with Gasteiger partial charge in [0, 0.05) is 17.8 Å². The van der Waals surface area contributed by atoms with Crippen LogP contribution < -0.4 is 5.32 Å². The van der Waals surface area contributed by atoms with E-state index >= 15 is 0 Å². The van der Waals surface area contributed by atoms with Gasteiger partial charge in [-0.1, -0.05) is 48.5 Å². The molecular formula is C15H28ClNO. The molecule has 1 aliphatic carbocycles. The molecule has 0 aromatic rings. The van der Waals surface area contributed by atoms with Crippen molar-refractivity contribution < 1.29 is 4.79 Å². The fourth-order valence-corrected chi connectivity index (χ4v) is 3.16. The molecule has 1 rings (SSSR count). The van der Waals surface area contributed by atoms with Gasteiger partial charge in [-0.2, -0.15) is 0 Å². The lowest BCUT2D eigenvalue weighted by atomic mass is 9.85. The van der Waals surface area contributed by atoms with Gasteiger partial charge in [-0.05, 0) is 22.7 Å². The van der Waals surface area contributed by atoms with E-state index in [0.717, 1.165) is 6.42 Å². The Labute approximate surface area is 117 Å². The predicted octanol–water partition coefficient (Wildman–Crippen LogP) is 3.83. The Morgan fingerprint density at radius 1 is 1.22 bits per heavy atom. The van der Waals surface area contributed by atoms with E-state index in [0.29, 0.717) is 5.88 Å². The van der Waals surface area contributed by atoms with Crippen molar-refractivity contribution in [1.82, 2.24) is 5.32 Å². The Morgan fingerprint density at radius 3 is 1.94 bits per heavy atom. The average molecular weight is 274 g/mol. The van der Waals surface area contributed by atoms with E-state index < -0.39 is 0 Å². The van der Waals surface area contributed by atoms with E-state index in [4.69, 9.17) is 11.6 Å². The summed E-state index contributed by atoms with van der Waals surface area (Å²) < 4.78 is 0. The number of halogens is 1. The minimum atomic E-state index is 0.0493. The van der Waals surface area contributed by atoms with Crippen LogP contribution in [-0.4, -0.2) is 17.8 Å². The SMILES string of the molecule is CC(C)(C)C(CCCl)NC(=O)C1C(C)(C)C1(C)C. The Morgan fingerprint density at radius 2 is 1.67 bits per heavy atom. The van der Waals surface area contributed by atoms with Crippen LogP contribution in [0.3, 0.4) is 0 Å². The minimum Gasteiger partial charge on any atom is -0.353 e. The number of alkyl halides is 1. The summed E-state index contributed by atoms with van der Waals surface area (Å²) in [6.07, 6.45) is 0.824. The Kier molecular flexibility index (Phi) is 4.13. The Hall–Kier alpha value is -0.240. The van der Waals surface area contributed by atoms with Crippen molar-refractivity contribution in [2.24, 2.45) is 22.2 Å². The number of hydrogen-bond donors (Lipinski definition) is 1. The van der Waals surface area contributed by atoms with Crippen molar-refractivity contribution in [3.8, 4) is 0 Å². The molecule has 2 nitrogen and oxygen atoms in total. The van der Waals surface area contributed by atoms with Gasteiger partial charge in [0.1, 0.15) is 0 Å². The van der Waals surface area contributed by atoms with E-state index in [1.807, 2.05) is 0 Å². The summed E-state index contributed by atoms with van der Waals surface area (Å²) in [6.45, 7) is 15.1. The van der Waals surface area contributed by atoms with Crippen LogP contribution in [0.15, 0.2) is 0 Å². The number of rotatable bonds is 4. The molecule has 0 radical (unpaired) electrons.